The lowest BCUT2D eigenvalue weighted by Gasteiger charge is -2.12. The van der Waals surface area contributed by atoms with Gasteiger partial charge in [0.1, 0.15) is 18.7 Å². The number of hydrogen-bond acceptors (Lipinski definition) is 8. The second kappa shape index (κ2) is 8.51. The van der Waals surface area contributed by atoms with E-state index in [0.29, 0.717) is 36.3 Å². The zero-order chi connectivity index (χ0) is 20.1. The summed E-state index contributed by atoms with van der Waals surface area (Å²) in [6.45, 7) is 5.24. The molecule has 0 bridgehead atoms. The van der Waals surface area contributed by atoms with Crippen LogP contribution in [-0.4, -0.2) is 42.6 Å². The molecule has 9 heteroatoms. The molecule has 3 heterocycles. The summed E-state index contributed by atoms with van der Waals surface area (Å²) in [6, 6.07) is 9.85. The van der Waals surface area contributed by atoms with Gasteiger partial charge in [0.15, 0.2) is 22.8 Å². The van der Waals surface area contributed by atoms with E-state index < -0.39 is 0 Å². The molecule has 0 spiro atoms. The summed E-state index contributed by atoms with van der Waals surface area (Å²) >= 11 is 0. The van der Waals surface area contributed by atoms with Crippen LogP contribution in [0.2, 0.25) is 0 Å². The highest BCUT2D eigenvalue weighted by molar-refractivity contribution is 5.85. The van der Waals surface area contributed by atoms with Crippen LogP contribution in [0.3, 0.4) is 0 Å². The molecule has 0 atom stereocenters. The highest BCUT2D eigenvalue weighted by Gasteiger charge is 2.18. The fourth-order valence-electron chi connectivity index (χ4n) is 2.95. The van der Waals surface area contributed by atoms with E-state index in [0.717, 1.165) is 11.4 Å². The molecule has 1 aromatic carbocycles. The summed E-state index contributed by atoms with van der Waals surface area (Å²) in [6.07, 6.45) is 6.44. The van der Waals surface area contributed by atoms with Gasteiger partial charge in [0.05, 0.1) is 12.7 Å². The molecule has 0 aliphatic rings. The predicted octanol–water partition coefficient (Wildman–Crippen LogP) is 3.43. The summed E-state index contributed by atoms with van der Waals surface area (Å²) < 4.78 is 7.74. The van der Waals surface area contributed by atoms with Gasteiger partial charge in [-0.1, -0.05) is 18.2 Å². The number of nitrogens with one attached hydrogen (secondary N) is 2. The Balaban J connectivity index is 1.54. The SMILES string of the molecule is CC(C)n1c(Nc2cnccn2)nc2c(NCCOc3ccccc3)ncnc21. The van der Waals surface area contributed by atoms with Crippen LogP contribution in [0.1, 0.15) is 19.9 Å². The molecule has 148 valence electrons. The lowest BCUT2D eigenvalue weighted by molar-refractivity contribution is 0.333. The van der Waals surface area contributed by atoms with Crippen molar-refractivity contribution in [1.82, 2.24) is 29.5 Å². The van der Waals surface area contributed by atoms with Crippen molar-refractivity contribution >= 4 is 28.7 Å². The Morgan fingerprint density at radius 1 is 1.07 bits per heavy atom. The number of ether oxygens (including phenoxy) is 1. The van der Waals surface area contributed by atoms with Crippen LogP contribution >= 0.6 is 0 Å². The number of nitrogens with zero attached hydrogens (tertiary/aromatic N) is 6. The third-order valence-corrected chi connectivity index (χ3v) is 4.20. The maximum atomic E-state index is 5.73. The van der Waals surface area contributed by atoms with Gasteiger partial charge in [-0.25, -0.2) is 19.9 Å². The topological polar surface area (TPSA) is 103 Å². The molecule has 4 rings (SSSR count). The lowest BCUT2D eigenvalue weighted by Crippen LogP contribution is -2.13. The van der Waals surface area contributed by atoms with Gasteiger partial charge in [-0.2, -0.15) is 0 Å². The molecule has 4 aromatic rings. The van der Waals surface area contributed by atoms with Crippen LogP contribution in [0.4, 0.5) is 17.6 Å². The molecule has 0 aliphatic heterocycles. The van der Waals surface area contributed by atoms with Crippen molar-refractivity contribution < 1.29 is 4.74 Å². The molecular formula is C20H22N8O. The average molecular weight is 390 g/mol. The summed E-state index contributed by atoms with van der Waals surface area (Å²) in [5, 5.41) is 6.51. The maximum Gasteiger partial charge on any atom is 0.211 e. The van der Waals surface area contributed by atoms with Crippen LogP contribution in [-0.2, 0) is 0 Å². The fraction of sp³-hybridized carbons (Fsp3) is 0.250. The summed E-state index contributed by atoms with van der Waals surface area (Å²) in [5.74, 6) is 2.75. The van der Waals surface area contributed by atoms with Crippen molar-refractivity contribution in [2.45, 2.75) is 19.9 Å². The quantitative estimate of drug-likeness (QED) is 0.441. The van der Waals surface area contributed by atoms with Gasteiger partial charge < -0.3 is 15.4 Å². The van der Waals surface area contributed by atoms with Crippen molar-refractivity contribution in [3.8, 4) is 5.75 Å². The second-order valence-corrected chi connectivity index (χ2v) is 6.60. The first-order valence-corrected chi connectivity index (χ1v) is 9.40. The zero-order valence-electron chi connectivity index (χ0n) is 16.3. The van der Waals surface area contributed by atoms with Crippen molar-refractivity contribution in [2.24, 2.45) is 0 Å². The van der Waals surface area contributed by atoms with Crippen LogP contribution in [0.25, 0.3) is 11.2 Å². The molecule has 9 nitrogen and oxygen atoms in total. The number of benzene rings is 1. The van der Waals surface area contributed by atoms with E-state index >= 15 is 0 Å². The van der Waals surface area contributed by atoms with E-state index in [1.807, 2.05) is 34.9 Å². The summed E-state index contributed by atoms with van der Waals surface area (Å²) in [4.78, 5) is 21.9. The molecule has 3 aromatic heterocycles. The van der Waals surface area contributed by atoms with Crippen LogP contribution in [0.15, 0.2) is 55.2 Å². The highest BCUT2D eigenvalue weighted by atomic mass is 16.5. The minimum atomic E-state index is 0.142. The van der Waals surface area contributed by atoms with E-state index in [-0.39, 0.29) is 6.04 Å². The Hall–Kier alpha value is -3.75. The Morgan fingerprint density at radius 2 is 1.93 bits per heavy atom. The minimum Gasteiger partial charge on any atom is -0.492 e. The van der Waals surface area contributed by atoms with E-state index in [9.17, 15) is 0 Å². The third-order valence-electron chi connectivity index (χ3n) is 4.20. The Labute approximate surface area is 168 Å². The fourth-order valence-corrected chi connectivity index (χ4v) is 2.95. The monoisotopic (exact) mass is 390 g/mol. The van der Waals surface area contributed by atoms with Crippen molar-refractivity contribution in [1.29, 1.82) is 0 Å². The first-order chi connectivity index (χ1) is 14.2. The van der Waals surface area contributed by atoms with E-state index in [2.05, 4.69) is 44.4 Å². The standard InChI is InChI=1S/C20H22N8O/c1-14(2)28-19-17(27-20(28)26-16-12-21-8-9-22-16)18(24-13-25-19)23-10-11-29-15-6-4-3-5-7-15/h3-9,12-14H,10-11H2,1-2H3,(H,22,26,27)(H,23,24,25). The van der Waals surface area contributed by atoms with Gasteiger partial charge >= 0.3 is 0 Å². The van der Waals surface area contributed by atoms with Gasteiger partial charge in [-0.15, -0.1) is 0 Å². The number of fused-ring (bicyclic) bond motifs is 1. The minimum absolute atomic E-state index is 0.142. The second-order valence-electron chi connectivity index (χ2n) is 6.60. The van der Waals surface area contributed by atoms with Gasteiger partial charge in [-0.05, 0) is 26.0 Å². The van der Waals surface area contributed by atoms with Gasteiger partial charge in [0, 0.05) is 18.4 Å². The molecule has 0 unspecified atom stereocenters. The van der Waals surface area contributed by atoms with Crippen molar-refractivity contribution in [3.63, 3.8) is 0 Å². The smallest absolute Gasteiger partial charge is 0.211 e. The summed E-state index contributed by atoms with van der Waals surface area (Å²) in [7, 11) is 0. The third kappa shape index (κ3) is 4.23. The first kappa shape index (κ1) is 18.6. The number of hydrogen-bond donors (Lipinski definition) is 2. The molecule has 0 amide bonds. The van der Waals surface area contributed by atoms with E-state index in [4.69, 9.17) is 9.72 Å². The van der Waals surface area contributed by atoms with Gasteiger partial charge in [0.25, 0.3) is 0 Å². The average Bonchev–Trinajstić information content (AvgIpc) is 3.11. The van der Waals surface area contributed by atoms with E-state index in [1.165, 1.54) is 6.33 Å². The van der Waals surface area contributed by atoms with Crippen LogP contribution < -0.4 is 15.4 Å². The Kier molecular flexibility index (Phi) is 5.46. The Bertz CT molecular complexity index is 1070. The number of para-hydroxylation sites is 1. The van der Waals surface area contributed by atoms with Crippen LogP contribution in [0.5, 0.6) is 5.75 Å². The molecule has 0 radical (unpaired) electrons. The molecule has 2 N–H and O–H groups in total. The lowest BCUT2D eigenvalue weighted by atomic mass is 10.3. The molecule has 29 heavy (non-hydrogen) atoms. The molecule has 0 aliphatic carbocycles. The van der Waals surface area contributed by atoms with Crippen molar-refractivity contribution in [3.05, 3.63) is 55.2 Å². The largest absolute Gasteiger partial charge is 0.492 e. The van der Waals surface area contributed by atoms with E-state index in [1.54, 1.807) is 18.6 Å². The molecule has 0 saturated carbocycles. The van der Waals surface area contributed by atoms with Gasteiger partial charge in [0.2, 0.25) is 5.95 Å². The maximum absolute atomic E-state index is 5.73. The number of imidazole rings is 1. The number of rotatable bonds is 8. The summed E-state index contributed by atoms with van der Waals surface area (Å²) in [5.41, 5.74) is 1.43. The molecule has 0 saturated heterocycles. The van der Waals surface area contributed by atoms with Crippen LogP contribution in [0, 0.1) is 0 Å². The molecule has 0 fully saturated rings. The molecular weight excluding hydrogens is 368 g/mol. The predicted molar refractivity (Wildman–Crippen MR) is 111 cm³/mol. The zero-order valence-corrected chi connectivity index (χ0v) is 16.3. The Morgan fingerprint density at radius 3 is 2.69 bits per heavy atom. The highest BCUT2D eigenvalue weighted by Crippen LogP contribution is 2.27. The van der Waals surface area contributed by atoms with Gasteiger partial charge in [-0.3, -0.25) is 9.55 Å². The van der Waals surface area contributed by atoms with Crippen molar-refractivity contribution in [2.75, 3.05) is 23.8 Å². The normalized spacial score (nSPS) is 11.0. The number of anilines is 3. The first-order valence-electron chi connectivity index (χ1n) is 9.40. The number of aromatic nitrogens is 6.